The molecule has 3 aromatic heterocycles. The number of nitrogens with zero attached hydrogens (tertiary/aromatic N) is 7. The van der Waals surface area contributed by atoms with Crippen LogP contribution in [0.15, 0.2) is 66.9 Å². The number of hydrogen-bond acceptors (Lipinski definition) is 8. The van der Waals surface area contributed by atoms with Crippen LogP contribution in [0, 0.1) is 0 Å². The van der Waals surface area contributed by atoms with E-state index in [4.69, 9.17) is 4.74 Å². The first-order valence-corrected chi connectivity index (χ1v) is 10.8. The van der Waals surface area contributed by atoms with Crippen LogP contribution in [-0.4, -0.2) is 54.8 Å². The lowest BCUT2D eigenvalue weighted by atomic mass is 9.99. The number of H-pyrrole nitrogens is 1. The summed E-state index contributed by atoms with van der Waals surface area (Å²) in [6.45, 7) is 2.07. The standard InChI is InChI=1S/C24H22N8O2/c1-3-17-14-22(32-21(26-17)12-13-25-32)31(15-23(33)34-2)18-10-8-16(9-11-18)19-6-4-5-7-20(19)24-27-29-30-28-24/h4-14H,3,15H2,1-2H3,(H,27,28,29,30). The number of methoxy groups -OCH3 is 1. The Balaban J connectivity index is 1.58. The summed E-state index contributed by atoms with van der Waals surface area (Å²) >= 11 is 0. The van der Waals surface area contributed by atoms with Crippen LogP contribution in [0.25, 0.3) is 28.2 Å². The first-order valence-electron chi connectivity index (χ1n) is 10.8. The van der Waals surface area contributed by atoms with Crippen molar-refractivity contribution in [3.05, 3.63) is 72.6 Å². The number of carbonyl (C=O) groups is 1. The topological polar surface area (TPSA) is 114 Å². The molecular formula is C24H22N8O2. The number of aromatic amines is 1. The van der Waals surface area contributed by atoms with Gasteiger partial charge in [0.05, 0.1) is 13.3 Å². The van der Waals surface area contributed by atoms with E-state index in [0.717, 1.165) is 46.0 Å². The molecule has 0 aliphatic carbocycles. The quantitative estimate of drug-likeness (QED) is 0.372. The number of hydrogen-bond donors (Lipinski definition) is 1. The lowest BCUT2D eigenvalue weighted by molar-refractivity contribution is -0.138. The van der Waals surface area contributed by atoms with E-state index in [1.807, 2.05) is 72.5 Å². The van der Waals surface area contributed by atoms with Crippen LogP contribution in [-0.2, 0) is 16.0 Å². The summed E-state index contributed by atoms with van der Waals surface area (Å²) in [4.78, 5) is 18.8. The highest BCUT2D eigenvalue weighted by atomic mass is 16.5. The molecule has 0 aliphatic heterocycles. The third-order valence-electron chi connectivity index (χ3n) is 5.56. The molecule has 34 heavy (non-hydrogen) atoms. The summed E-state index contributed by atoms with van der Waals surface area (Å²) in [5.74, 6) is 0.970. The molecule has 0 radical (unpaired) electrons. The molecule has 10 heteroatoms. The first-order chi connectivity index (χ1) is 16.7. The Kier molecular flexibility index (Phi) is 5.69. The lowest BCUT2D eigenvalue weighted by Gasteiger charge is -2.25. The molecule has 0 atom stereocenters. The Morgan fingerprint density at radius 3 is 2.59 bits per heavy atom. The van der Waals surface area contributed by atoms with Gasteiger partial charge < -0.3 is 9.64 Å². The molecule has 0 bridgehead atoms. The van der Waals surface area contributed by atoms with E-state index in [-0.39, 0.29) is 12.5 Å². The maximum Gasteiger partial charge on any atom is 0.325 e. The summed E-state index contributed by atoms with van der Waals surface area (Å²) in [5.41, 5.74) is 5.31. The molecule has 0 aliphatic rings. The van der Waals surface area contributed by atoms with Gasteiger partial charge in [0.2, 0.25) is 0 Å². The van der Waals surface area contributed by atoms with Crippen molar-refractivity contribution in [2.24, 2.45) is 0 Å². The van der Waals surface area contributed by atoms with Crippen molar-refractivity contribution in [1.29, 1.82) is 0 Å². The van der Waals surface area contributed by atoms with E-state index in [2.05, 4.69) is 30.7 Å². The number of benzene rings is 2. The maximum atomic E-state index is 12.3. The molecule has 0 amide bonds. The van der Waals surface area contributed by atoms with Gasteiger partial charge in [-0.25, -0.2) is 10.1 Å². The first kappa shape index (κ1) is 21.3. The Bertz CT molecular complexity index is 1430. The molecule has 0 spiro atoms. The molecule has 0 saturated heterocycles. The van der Waals surface area contributed by atoms with E-state index in [0.29, 0.717) is 5.82 Å². The molecule has 1 N–H and O–H groups in total. The summed E-state index contributed by atoms with van der Waals surface area (Å²) in [6, 6.07) is 19.6. The number of carbonyl (C=O) groups excluding carboxylic acids is 1. The summed E-state index contributed by atoms with van der Waals surface area (Å²) in [7, 11) is 1.38. The van der Waals surface area contributed by atoms with Crippen molar-refractivity contribution in [3.63, 3.8) is 0 Å². The van der Waals surface area contributed by atoms with Crippen LogP contribution in [0.3, 0.4) is 0 Å². The van der Waals surface area contributed by atoms with Gasteiger partial charge in [-0.2, -0.15) is 9.61 Å². The van der Waals surface area contributed by atoms with Crippen molar-refractivity contribution in [2.45, 2.75) is 13.3 Å². The molecule has 2 aromatic carbocycles. The second kappa shape index (κ2) is 9.10. The van der Waals surface area contributed by atoms with Crippen LogP contribution in [0.2, 0.25) is 0 Å². The Morgan fingerprint density at radius 2 is 1.88 bits per heavy atom. The van der Waals surface area contributed by atoms with Crippen LogP contribution in [0.5, 0.6) is 0 Å². The average molecular weight is 454 g/mol. The summed E-state index contributed by atoms with van der Waals surface area (Å²) in [5, 5.41) is 18.7. The number of aryl methyl sites for hydroxylation is 1. The van der Waals surface area contributed by atoms with E-state index in [1.165, 1.54) is 7.11 Å². The normalized spacial score (nSPS) is 11.0. The number of tetrazole rings is 1. The van der Waals surface area contributed by atoms with Gasteiger partial charge in [-0.15, -0.1) is 5.10 Å². The molecule has 5 rings (SSSR count). The molecule has 170 valence electrons. The summed E-state index contributed by atoms with van der Waals surface area (Å²) in [6.07, 6.45) is 2.45. The predicted octanol–water partition coefficient (Wildman–Crippen LogP) is 3.45. The zero-order chi connectivity index (χ0) is 23.5. The van der Waals surface area contributed by atoms with Gasteiger partial charge in [-0.05, 0) is 40.1 Å². The second-order valence-electron chi connectivity index (χ2n) is 7.57. The Labute approximate surface area is 195 Å². The van der Waals surface area contributed by atoms with Crippen LogP contribution >= 0.6 is 0 Å². The fourth-order valence-corrected chi connectivity index (χ4v) is 3.85. The van der Waals surface area contributed by atoms with E-state index in [9.17, 15) is 4.79 Å². The second-order valence-corrected chi connectivity index (χ2v) is 7.57. The van der Waals surface area contributed by atoms with Crippen molar-refractivity contribution in [1.82, 2.24) is 35.2 Å². The minimum atomic E-state index is -0.359. The number of fused-ring (bicyclic) bond motifs is 1. The van der Waals surface area contributed by atoms with Gasteiger partial charge in [0.25, 0.3) is 0 Å². The summed E-state index contributed by atoms with van der Waals surface area (Å²) < 4.78 is 6.70. The SMILES string of the molecule is CCc1cc(N(CC(=O)OC)c2ccc(-c3ccccc3-c3nnn[nH]3)cc2)n2nccc2n1. The third kappa shape index (κ3) is 3.96. The number of esters is 1. The van der Waals surface area contributed by atoms with Gasteiger partial charge in [0.15, 0.2) is 11.5 Å². The molecular weight excluding hydrogens is 432 g/mol. The van der Waals surface area contributed by atoms with Crippen molar-refractivity contribution >= 4 is 23.1 Å². The van der Waals surface area contributed by atoms with Gasteiger partial charge in [0, 0.05) is 29.1 Å². The van der Waals surface area contributed by atoms with Gasteiger partial charge in [0.1, 0.15) is 12.4 Å². The zero-order valence-electron chi connectivity index (χ0n) is 18.7. The average Bonchev–Trinajstić information content (AvgIpc) is 3.59. The molecule has 0 unspecified atom stereocenters. The predicted molar refractivity (Wildman–Crippen MR) is 126 cm³/mol. The van der Waals surface area contributed by atoms with Crippen molar-refractivity contribution < 1.29 is 9.53 Å². The minimum absolute atomic E-state index is 0.0261. The number of aromatic nitrogens is 7. The fraction of sp³-hybridized carbons (Fsp3) is 0.167. The molecule has 10 nitrogen and oxygen atoms in total. The number of rotatable bonds is 7. The van der Waals surface area contributed by atoms with Gasteiger partial charge in [-0.1, -0.05) is 43.3 Å². The number of nitrogens with one attached hydrogen (secondary N) is 1. The molecule has 0 fully saturated rings. The van der Waals surface area contributed by atoms with Crippen LogP contribution in [0.1, 0.15) is 12.6 Å². The van der Waals surface area contributed by atoms with Crippen LogP contribution < -0.4 is 4.90 Å². The van der Waals surface area contributed by atoms with E-state index < -0.39 is 0 Å². The minimum Gasteiger partial charge on any atom is -0.468 e. The third-order valence-corrected chi connectivity index (χ3v) is 5.56. The maximum absolute atomic E-state index is 12.3. The molecule has 3 heterocycles. The van der Waals surface area contributed by atoms with E-state index in [1.54, 1.807) is 10.7 Å². The smallest absolute Gasteiger partial charge is 0.325 e. The monoisotopic (exact) mass is 454 g/mol. The lowest BCUT2D eigenvalue weighted by Crippen LogP contribution is -2.28. The Hall–Kier alpha value is -4.60. The molecule has 5 aromatic rings. The van der Waals surface area contributed by atoms with Gasteiger partial charge >= 0.3 is 5.97 Å². The number of ether oxygens (including phenoxy) is 1. The van der Waals surface area contributed by atoms with Gasteiger partial charge in [-0.3, -0.25) is 4.79 Å². The van der Waals surface area contributed by atoms with Crippen LogP contribution in [0.4, 0.5) is 11.5 Å². The largest absolute Gasteiger partial charge is 0.468 e. The Morgan fingerprint density at radius 1 is 1.09 bits per heavy atom. The zero-order valence-corrected chi connectivity index (χ0v) is 18.7. The van der Waals surface area contributed by atoms with Crippen molar-refractivity contribution in [3.8, 4) is 22.5 Å². The highest BCUT2D eigenvalue weighted by Gasteiger charge is 2.19. The van der Waals surface area contributed by atoms with Crippen molar-refractivity contribution in [2.75, 3.05) is 18.6 Å². The molecule has 0 saturated carbocycles. The fourth-order valence-electron chi connectivity index (χ4n) is 3.85. The van der Waals surface area contributed by atoms with E-state index >= 15 is 0 Å². The highest BCUT2D eigenvalue weighted by molar-refractivity contribution is 5.83. The number of anilines is 2. The highest BCUT2D eigenvalue weighted by Crippen LogP contribution is 2.33.